The number of carbonyl (C=O) groups excluding carboxylic acids is 2. The Morgan fingerprint density at radius 1 is 1.69 bits per heavy atom. The molecule has 0 aromatic carbocycles. The Morgan fingerprint density at radius 2 is 2.38 bits per heavy atom. The highest BCUT2D eigenvalue weighted by molar-refractivity contribution is 7.99. The number of amides is 1. The molecule has 0 saturated carbocycles. The van der Waals surface area contributed by atoms with E-state index in [0.717, 1.165) is 0 Å². The zero-order valence-corrected chi connectivity index (χ0v) is 8.00. The lowest BCUT2D eigenvalue weighted by molar-refractivity contribution is -0.309. The van der Waals surface area contributed by atoms with Crippen LogP contribution >= 0.6 is 11.8 Å². The summed E-state index contributed by atoms with van der Waals surface area (Å²) in [5.41, 5.74) is 0. The fraction of sp³-hybridized carbons (Fsp3) is 0.714. The largest absolute Gasteiger partial charge is 0.548 e. The number of carboxylic acid groups (broad SMARTS) is 1. The average Bonchev–Trinajstić information content (AvgIpc) is 2.52. The summed E-state index contributed by atoms with van der Waals surface area (Å²) < 4.78 is 4.69. The minimum absolute atomic E-state index is 0.250. The van der Waals surface area contributed by atoms with Gasteiger partial charge in [-0.25, -0.2) is 4.79 Å². The number of thioether (sulfide) groups is 1. The first-order valence-corrected chi connectivity index (χ1v) is 5.04. The molecule has 1 saturated heterocycles. The van der Waals surface area contributed by atoms with E-state index in [1.807, 2.05) is 0 Å². The van der Waals surface area contributed by atoms with Gasteiger partial charge in [0.1, 0.15) is 0 Å². The van der Waals surface area contributed by atoms with Gasteiger partial charge >= 0.3 is 6.09 Å². The number of hydrogen-bond acceptors (Lipinski definition) is 5. The molecule has 1 rings (SSSR count). The van der Waals surface area contributed by atoms with Gasteiger partial charge in [0.2, 0.25) is 0 Å². The van der Waals surface area contributed by atoms with E-state index in [1.165, 1.54) is 16.7 Å². The molecule has 0 N–H and O–H groups in total. The second kappa shape index (κ2) is 4.36. The van der Waals surface area contributed by atoms with Crippen molar-refractivity contribution in [3.05, 3.63) is 0 Å². The molecule has 1 aliphatic rings. The van der Waals surface area contributed by atoms with Gasteiger partial charge in [-0.3, -0.25) is 4.90 Å². The lowest BCUT2D eigenvalue weighted by Gasteiger charge is -2.23. The second-order valence-electron chi connectivity index (χ2n) is 2.50. The Labute approximate surface area is 80.0 Å². The number of aliphatic carboxylic acids is 1. The molecule has 0 bridgehead atoms. The molecule has 1 aliphatic heterocycles. The molecule has 0 unspecified atom stereocenters. The number of carbonyl (C=O) groups is 2. The maximum absolute atomic E-state index is 11.2. The van der Waals surface area contributed by atoms with Gasteiger partial charge in [-0.1, -0.05) is 0 Å². The normalized spacial score (nSPS) is 21.6. The van der Waals surface area contributed by atoms with E-state index < -0.39 is 18.1 Å². The van der Waals surface area contributed by atoms with Gasteiger partial charge in [0.25, 0.3) is 0 Å². The minimum Gasteiger partial charge on any atom is -0.548 e. The molecule has 1 heterocycles. The molecular formula is C7H10NO4S-. The quantitative estimate of drug-likeness (QED) is 0.593. The molecule has 1 amide bonds. The van der Waals surface area contributed by atoms with Crippen molar-refractivity contribution >= 4 is 23.8 Å². The molecule has 74 valence electrons. The van der Waals surface area contributed by atoms with E-state index in [0.29, 0.717) is 11.6 Å². The molecule has 0 spiro atoms. The van der Waals surface area contributed by atoms with Gasteiger partial charge in [-0.05, 0) is 6.92 Å². The number of rotatable bonds is 2. The molecule has 1 atom stereocenters. The van der Waals surface area contributed by atoms with Crippen molar-refractivity contribution in [2.75, 3.05) is 18.2 Å². The van der Waals surface area contributed by atoms with Crippen LogP contribution in [0.5, 0.6) is 0 Å². The zero-order valence-electron chi connectivity index (χ0n) is 7.19. The lowest BCUT2D eigenvalue weighted by atomic mass is 10.3. The molecule has 13 heavy (non-hydrogen) atoms. The first-order chi connectivity index (χ1) is 6.16. The fourth-order valence-electron chi connectivity index (χ4n) is 1.02. The van der Waals surface area contributed by atoms with Gasteiger partial charge in [-0.15, -0.1) is 11.8 Å². The topological polar surface area (TPSA) is 69.7 Å². The molecule has 0 aliphatic carbocycles. The highest BCUT2D eigenvalue weighted by Crippen LogP contribution is 2.20. The van der Waals surface area contributed by atoms with Gasteiger partial charge < -0.3 is 14.6 Å². The van der Waals surface area contributed by atoms with Gasteiger partial charge in [0.15, 0.2) is 0 Å². The summed E-state index contributed by atoms with van der Waals surface area (Å²) in [5, 5.41) is 10.5. The van der Waals surface area contributed by atoms with Crippen LogP contribution in [-0.4, -0.2) is 41.2 Å². The summed E-state index contributed by atoms with van der Waals surface area (Å²) in [4.78, 5) is 22.9. The minimum atomic E-state index is -1.22. The molecule has 0 aromatic heterocycles. The first kappa shape index (κ1) is 10.2. The van der Waals surface area contributed by atoms with E-state index in [4.69, 9.17) is 0 Å². The first-order valence-electron chi connectivity index (χ1n) is 3.88. The van der Waals surface area contributed by atoms with Crippen LogP contribution in [0.2, 0.25) is 0 Å². The predicted octanol–water partition coefficient (Wildman–Crippen LogP) is -0.732. The third-order valence-electron chi connectivity index (χ3n) is 1.66. The van der Waals surface area contributed by atoms with Crippen LogP contribution in [0.3, 0.4) is 0 Å². The zero-order chi connectivity index (χ0) is 9.84. The monoisotopic (exact) mass is 204 g/mol. The molecule has 0 radical (unpaired) electrons. The van der Waals surface area contributed by atoms with E-state index in [-0.39, 0.29) is 6.61 Å². The van der Waals surface area contributed by atoms with Crippen molar-refractivity contribution < 1.29 is 19.4 Å². The Bertz CT molecular complexity index is 221. The maximum Gasteiger partial charge on any atom is 0.411 e. The van der Waals surface area contributed by atoms with Crippen LogP contribution in [0.25, 0.3) is 0 Å². The van der Waals surface area contributed by atoms with Crippen LogP contribution in [-0.2, 0) is 9.53 Å². The standard InChI is InChI=1S/C7H11NO4S/c1-2-12-7(11)8-4-13-3-5(8)6(9)10/h5H,2-4H2,1H3,(H,9,10)/p-1/t5-/m0/s1. The third kappa shape index (κ3) is 2.27. The van der Waals surface area contributed by atoms with E-state index in [9.17, 15) is 14.7 Å². The van der Waals surface area contributed by atoms with Crippen LogP contribution in [0, 0.1) is 0 Å². The SMILES string of the molecule is CCOC(=O)N1CSC[C@H]1C(=O)[O-]. The van der Waals surface area contributed by atoms with Crippen molar-refractivity contribution in [2.45, 2.75) is 13.0 Å². The number of ether oxygens (including phenoxy) is 1. The Kier molecular flexibility index (Phi) is 3.41. The Morgan fingerprint density at radius 3 is 2.92 bits per heavy atom. The molecule has 6 heteroatoms. The summed E-state index contributed by atoms with van der Waals surface area (Å²) in [5.74, 6) is -0.489. The summed E-state index contributed by atoms with van der Waals surface area (Å²) in [6, 6.07) is -0.843. The van der Waals surface area contributed by atoms with Gasteiger partial charge in [-0.2, -0.15) is 0 Å². The molecule has 5 nitrogen and oxygen atoms in total. The number of hydrogen-bond donors (Lipinski definition) is 0. The van der Waals surface area contributed by atoms with Gasteiger partial charge in [0.05, 0.1) is 24.5 Å². The highest BCUT2D eigenvalue weighted by Gasteiger charge is 2.30. The average molecular weight is 204 g/mol. The summed E-state index contributed by atoms with van der Waals surface area (Å²) in [7, 11) is 0. The maximum atomic E-state index is 11.2. The molecular weight excluding hydrogens is 194 g/mol. The van der Waals surface area contributed by atoms with E-state index in [1.54, 1.807) is 6.92 Å². The Hall–Kier alpha value is -0.910. The van der Waals surface area contributed by atoms with Crippen molar-refractivity contribution in [3.8, 4) is 0 Å². The van der Waals surface area contributed by atoms with Crippen molar-refractivity contribution in [1.29, 1.82) is 0 Å². The predicted molar refractivity (Wildman–Crippen MR) is 45.0 cm³/mol. The second-order valence-corrected chi connectivity index (χ2v) is 3.50. The fourth-order valence-corrected chi connectivity index (χ4v) is 2.15. The number of nitrogens with zero attached hydrogens (tertiary/aromatic N) is 1. The van der Waals surface area contributed by atoms with Crippen LogP contribution < -0.4 is 5.11 Å². The Balaban J connectivity index is 2.57. The van der Waals surface area contributed by atoms with Crippen molar-refractivity contribution in [1.82, 2.24) is 4.90 Å². The third-order valence-corrected chi connectivity index (χ3v) is 2.67. The molecule has 0 aromatic rings. The molecule has 1 fully saturated rings. The van der Waals surface area contributed by atoms with E-state index in [2.05, 4.69) is 4.74 Å². The highest BCUT2D eigenvalue weighted by atomic mass is 32.2. The summed E-state index contributed by atoms with van der Waals surface area (Å²) >= 11 is 1.38. The number of carboxylic acids is 1. The van der Waals surface area contributed by atoms with E-state index >= 15 is 0 Å². The van der Waals surface area contributed by atoms with Crippen LogP contribution in [0.1, 0.15) is 6.92 Å². The smallest absolute Gasteiger partial charge is 0.411 e. The van der Waals surface area contributed by atoms with Crippen LogP contribution in [0.15, 0.2) is 0 Å². The van der Waals surface area contributed by atoms with Gasteiger partial charge in [0, 0.05) is 5.75 Å². The van der Waals surface area contributed by atoms with Crippen LogP contribution in [0.4, 0.5) is 4.79 Å². The summed E-state index contributed by atoms with van der Waals surface area (Å²) in [6.45, 7) is 1.93. The lowest BCUT2D eigenvalue weighted by Crippen LogP contribution is -2.48. The summed E-state index contributed by atoms with van der Waals surface area (Å²) in [6.07, 6.45) is -0.582. The van der Waals surface area contributed by atoms with Crippen molar-refractivity contribution in [2.24, 2.45) is 0 Å². The van der Waals surface area contributed by atoms with Crippen molar-refractivity contribution in [3.63, 3.8) is 0 Å².